The van der Waals surface area contributed by atoms with E-state index < -0.39 is 17.7 Å². The van der Waals surface area contributed by atoms with Gasteiger partial charge in [-0.15, -0.1) is 0 Å². The number of ether oxygens (including phenoxy) is 2. The van der Waals surface area contributed by atoms with Crippen LogP contribution < -0.4 is 14.9 Å². The van der Waals surface area contributed by atoms with Crippen LogP contribution in [0.3, 0.4) is 0 Å². The fourth-order valence-electron chi connectivity index (χ4n) is 2.65. The van der Waals surface area contributed by atoms with E-state index in [-0.39, 0.29) is 11.3 Å². The van der Waals surface area contributed by atoms with Gasteiger partial charge in [-0.2, -0.15) is 5.10 Å². The number of hydrogen-bond acceptors (Lipinski definition) is 5. The smallest absolute Gasteiger partial charge is 0.343 e. The highest BCUT2D eigenvalue weighted by molar-refractivity contribution is 9.10. The van der Waals surface area contributed by atoms with E-state index in [0.29, 0.717) is 23.5 Å². The van der Waals surface area contributed by atoms with Crippen LogP contribution in [0.15, 0.2) is 76.3 Å². The average Bonchev–Trinajstić information content (AvgIpc) is 2.80. The maximum Gasteiger partial charge on any atom is 0.343 e. The molecule has 8 heteroatoms. The molecule has 3 aromatic carbocycles. The second-order valence-electron chi connectivity index (χ2n) is 6.62. The van der Waals surface area contributed by atoms with Gasteiger partial charge in [0.2, 0.25) is 0 Å². The molecule has 164 valence electrons. The number of carbonyl (C=O) groups is 2. The molecular formula is C24H20BrFN2O4. The van der Waals surface area contributed by atoms with E-state index in [1.165, 1.54) is 24.4 Å². The fraction of sp³-hybridized carbons (Fsp3) is 0.125. The Morgan fingerprint density at radius 2 is 1.84 bits per heavy atom. The van der Waals surface area contributed by atoms with Crippen molar-refractivity contribution in [1.29, 1.82) is 0 Å². The van der Waals surface area contributed by atoms with Gasteiger partial charge in [-0.3, -0.25) is 4.79 Å². The van der Waals surface area contributed by atoms with Crippen molar-refractivity contribution >= 4 is 34.0 Å². The molecule has 0 bridgehead atoms. The second-order valence-corrected chi connectivity index (χ2v) is 7.54. The first-order chi connectivity index (χ1) is 15.5. The summed E-state index contributed by atoms with van der Waals surface area (Å²) in [5.74, 6) is -0.986. The maximum atomic E-state index is 13.7. The van der Waals surface area contributed by atoms with Crippen LogP contribution in [0.25, 0.3) is 0 Å². The number of rotatable bonds is 8. The van der Waals surface area contributed by atoms with E-state index in [9.17, 15) is 14.0 Å². The van der Waals surface area contributed by atoms with Gasteiger partial charge in [-0.05, 0) is 61.0 Å². The maximum absolute atomic E-state index is 13.7. The van der Waals surface area contributed by atoms with E-state index in [1.54, 1.807) is 48.5 Å². The van der Waals surface area contributed by atoms with Crippen molar-refractivity contribution in [2.24, 2.45) is 5.10 Å². The lowest BCUT2D eigenvalue weighted by Gasteiger charge is -2.09. The highest BCUT2D eigenvalue weighted by Crippen LogP contribution is 2.23. The van der Waals surface area contributed by atoms with Gasteiger partial charge in [0.15, 0.2) is 0 Å². The molecule has 0 heterocycles. The van der Waals surface area contributed by atoms with Crippen LogP contribution in [0, 0.1) is 5.82 Å². The summed E-state index contributed by atoms with van der Waals surface area (Å²) in [7, 11) is 0. The lowest BCUT2D eigenvalue weighted by Crippen LogP contribution is -2.19. The molecule has 0 fully saturated rings. The third kappa shape index (κ3) is 6.24. The van der Waals surface area contributed by atoms with Crippen LogP contribution in [-0.4, -0.2) is 24.7 Å². The topological polar surface area (TPSA) is 77.0 Å². The summed E-state index contributed by atoms with van der Waals surface area (Å²) in [6.45, 7) is 2.61. The molecule has 0 radical (unpaired) electrons. The van der Waals surface area contributed by atoms with Crippen molar-refractivity contribution in [3.05, 3.63) is 93.7 Å². The number of hydrazone groups is 1. The first-order valence-corrected chi connectivity index (χ1v) is 10.6. The van der Waals surface area contributed by atoms with Gasteiger partial charge in [0.1, 0.15) is 17.3 Å². The second kappa shape index (κ2) is 11.2. The number of nitrogens with one attached hydrogen (secondary N) is 1. The van der Waals surface area contributed by atoms with E-state index in [4.69, 9.17) is 9.47 Å². The van der Waals surface area contributed by atoms with E-state index in [1.807, 2.05) is 6.92 Å². The minimum atomic E-state index is -0.696. The number of hydrogen-bond donors (Lipinski definition) is 1. The molecule has 3 rings (SSSR count). The Labute approximate surface area is 193 Å². The summed E-state index contributed by atoms with van der Waals surface area (Å²) < 4.78 is 25.4. The molecular weight excluding hydrogens is 479 g/mol. The van der Waals surface area contributed by atoms with Gasteiger partial charge in [0.05, 0.1) is 23.9 Å². The fourth-order valence-corrected chi connectivity index (χ4v) is 3.02. The van der Waals surface area contributed by atoms with E-state index in [0.717, 1.165) is 10.9 Å². The number of benzene rings is 3. The Morgan fingerprint density at radius 3 is 2.56 bits per heavy atom. The van der Waals surface area contributed by atoms with Crippen molar-refractivity contribution < 1.29 is 23.5 Å². The Morgan fingerprint density at radius 1 is 1.09 bits per heavy atom. The molecule has 0 saturated carbocycles. The number of carbonyl (C=O) groups excluding carboxylic acids is 2. The molecule has 0 atom stereocenters. The monoisotopic (exact) mass is 498 g/mol. The lowest BCUT2D eigenvalue weighted by atomic mass is 10.2. The molecule has 1 N–H and O–H groups in total. The minimum absolute atomic E-state index is 0.128. The van der Waals surface area contributed by atoms with Gasteiger partial charge >= 0.3 is 5.97 Å². The van der Waals surface area contributed by atoms with Crippen LogP contribution in [0.4, 0.5) is 4.39 Å². The van der Waals surface area contributed by atoms with Gasteiger partial charge in [0.25, 0.3) is 5.91 Å². The third-order valence-corrected chi connectivity index (χ3v) is 4.72. The first-order valence-electron chi connectivity index (χ1n) is 9.80. The summed E-state index contributed by atoms with van der Waals surface area (Å²) in [4.78, 5) is 24.6. The van der Waals surface area contributed by atoms with Crippen molar-refractivity contribution in [2.45, 2.75) is 13.3 Å². The predicted molar refractivity (Wildman–Crippen MR) is 123 cm³/mol. The van der Waals surface area contributed by atoms with Crippen molar-refractivity contribution in [2.75, 3.05) is 6.61 Å². The van der Waals surface area contributed by atoms with Crippen LogP contribution in [0.5, 0.6) is 11.5 Å². The average molecular weight is 499 g/mol. The molecule has 6 nitrogen and oxygen atoms in total. The summed E-state index contributed by atoms with van der Waals surface area (Å²) in [6, 6.07) is 17.2. The molecule has 0 unspecified atom stereocenters. The van der Waals surface area contributed by atoms with Crippen molar-refractivity contribution in [3.63, 3.8) is 0 Å². The summed E-state index contributed by atoms with van der Waals surface area (Å²) >= 11 is 3.35. The molecule has 0 saturated heterocycles. The quantitative estimate of drug-likeness (QED) is 0.196. The van der Waals surface area contributed by atoms with Gasteiger partial charge in [-0.1, -0.05) is 35.0 Å². The Kier molecular flexibility index (Phi) is 8.10. The highest BCUT2D eigenvalue weighted by Gasteiger charge is 2.13. The molecule has 0 spiro atoms. The zero-order valence-corrected chi connectivity index (χ0v) is 18.8. The summed E-state index contributed by atoms with van der Waals surface area (Å²) in [6.07, 6.45) is 2.20. The van der Waals surface area contributed by atoms with E-state index in [2.05, 4.69) is 26.5 Å². The van der Waals surface area contributed by atoms with Gasteiger partial charge in [0, 0.05) is 10.0 Å². The number of esters is 1. The zero-order chi connectivity index (χ0) is 22.9. The van der Waals surface area contributed by atoms with E-state index >= 15 is 0 Å². The van der Waals surface area contributed by atoms with Crippen molar-refractivity contribution in [3.8, 4) is 11.5 Å². The largest absolute Gasteiger partial charge is 0.494 e. The lowest BCUT2D eigenvalue weighted by molar-refractivity contribution is 0.0734. The standard InChI is InChI=1S/C24H20BrFN2O4/c1-2-13-31-19-10-7-16(8-11-19)24(30)32-22-12-9-18(25)14-17(22)15-27-28-23(29)20-5-3-4-6-21(20)26/h3-12,14-15H,2,13H2,1H3,(H,28,29). The summed E-state index contributed by atoms with van der Waals surface area (Å²) in [5.41, 5.74) is 2.92. The third-order valence-electron chi connectivity index (χ3n) is 4.23. The van der Waals surface area contributed by atoms with Crippen LogP contribution in [0.2, 0.25) is 0 Å². The highest BCUT2D eigenvalue weighted by atomic mass is 79.9. The molecule has 3 aromatic rings. The Balaban J connectivity index is 1.70. The minimum Gasteiger partial charge on any atom is -0.494 e. The molecule has 0 aliphatic carbocycles. The molecule has 32 heavy (non-hydrogen) atoms. The number of amides is 1. The van der Waals surface area contributed by atoms with Gasteiger partial charge < -0.3 is 9.47 Å². The first kappa shape index (κ1) is 23.1. The zero-order valence-electron chi connectivity index (χ0n) is 17.2. The predicted octanol–water partition coefficient (Wildman–Crippen LogP) is 5.36. The molecule has 0 aromatic heterocycles. The molecule has 0 aliphatic heterocycles. The van der Waals surface area contributed by atoms with Crippen LogP contribution in [0.1, 0.15) is 39.6 Å². The Hall–Kier alpha value is -3.52. The van der Waals surface area contributed by atoms with Gasteiger partial charge in [-0.25, -0.2) is 14.6 Å². The molecule has 1 amide bonds. The van der Waals surface area contributed by atoms with Crippen molar-refractivity contribution in [1.82, 2.24) is 5.43 Å². The normalized spacial score (nSPS) is 10.7. The van der Waals surface area contributed by atoms with Crippen LogP contribution in [-0.2, 0) is 0 Å². The number of halogens is 2. The number of nitrogens with zero attached hydrogens (tertiary/aromatic N) is 1. The Bertz CT molecular complexity index is 1130. The molecule has 0 aliphatic rings. The summed E-state index contributed by atoms with van der Waals surface area (Å²) in [5, 5.41) is 3.86. The SMILES string of the molecule is CCCOc1ccc(C(=O)Oc2ccc(Br)cc2C=NNC(=O)c2ccccc2F)cc1. The van der Waals surface area contributed by atoms with Crippen LogP contribution >= 0.6 is 15.9 Å².